The second kappa shape index (κ2) is 15.1. The van der Waals surface area contributed by atoms with Crippen LogP contribution in [0.4, 0.5) is 0 Å². The van der Waals surface area contributed by atoms with Crippen LogP contribution in [0.2, 0.25) is 0 Å². The second-order valence-corrected chi connectivity index (χ2v) is 6.83. The van der Waals surface area contributed by atoms with Crippen molar-refractivity contribution < 1.29 is 34.1 Å². The van der Waals surface area contributed by atoms with Gasteiger partial charge in [-0.15, -0.1) is 0 Å². The van der Waals surface area contributed by atoms with E-state index in [0.717, 1.165) is 24.7 Å². The number of aldehydes is 1. The van der Waals surface area contributed by atoms with Gasteiger partial charge in [0.1, 0.15) is 6.29 Å². The largest absolute Gasteiger partial charge is 0.461 e. The Morgan fingerprint density at radius 2 is 1.30 bits per heavy atom. The van der Waals surface area contributed by atoms with Crippen LogP contribution in [-0.4, -0.2) is 52.9 Å². The van der Waals surface area contributed by atoms with Crippen molar-refractivity contribution in [3.8, 4) is 0 Å². The van der Waals surface area contributed by atoms with Crippen molar-refractivity contribution in [3.05, 3.63) is 23.3 Å². The van der Waals surface area contributed by atoms with E-state index in [0.29, 0.717) is 0 Å². The number of aliphatic hydroxyl groups is 2. The van der Waals surface area contributed by atoms with Gasteiger partial charge in [0.2, 0.25) is 0 Å². The summed E-state index contributed by atoms with van der Waals surface area (Å²) in [4.78, 5) is 32.3. The summed E-state index contributed by atoms with van der Waals surface area (Å²) in [5.74, 6) is -2.11. The van der Waals surface area contributed by atoms with Crippen LogP contribution >= 0.6 is 0 Å². The van der Waals surface area contributed by atoms with Gasteiger partial charge in [-0.1, -0.05) is 17.2 Å². The van der Waals surface area contributed by atoms with Gasteiger partial charge in [-0.2, -0.15) is 0 Å². The fraction of sp³-hybridized carbons (Fsp3) is 0.650. The van der Waals surface area contributed by atoms with E-state index >= 15 is 0 Å². The first-order valence-corrected chi connectivity index (χ1v) is 8.93. The quantitative estimate of drug-likeness (QED) is 0.271. The van der Waals surface area contributed by atoms with Crippen LogP contribution in [-0.2, 0) is 23.9 Å². The number of hydrogen-bond acceptors (Lipinski definition) is 7. The highest BCUT2D eigenvalue weighted by molar-refractivity contribution is 5.85. The number of esters is 2. The molecular formula is C20H34O7. The van der Waals surface area contributed by atoms with Crippen molar-refractivity contribution in [1.82, 2.24) is 0 Å². The predicted octanol–water partition coefficient (Wildman–Crippen LogP) is 2.49. The van der Waals surface area contributed by atoms with Gasteiger partial charge in [0.05, 0.1) is 12.2 Å². The number of carbonyl (C=O) groups is 3. The minimum Gasteiger partial charge on any atom is -0.461 e. The van der Waals surface area contributed by atoms with E-state index in [2.05, 4.69) is 29.4 Å². The molecule has 2 N–H and O–H groups in total. The highest BCUT2D eigenvalue weighted by Crippen LogP contribution is 2.05. The lowest BCUT2D eigenvalue weighted by Gasteiger charge is -2.18. The molecule has 0 aliphatic heterocycles. The molecule has 2 atom stereocenters. The lowest BCUT2D eigenvalue weighted by Crippen LogP contribution is -2.43. The molecule has 0 aliphatic carbocycles. The number of rotatable bonds is 9. The van der Waals surface area contributed by atoms with Gasteiger partial charge in [0, 0.05) is 0 Å². The van der Waals surface area contributed by atoms with E-state index in [1.165, 1.54) is 5.57 Å². The Morgan fingerprint density at radius 3 is 1.59 bits per heavy atom. The SMILES string of the molecule is CC(C)=CCCC(C)=CC=O.CC(C)OC(=O)C(O)C(O)C(=O)OC(C)C. The zero-order chi connectivity index (χ0) is 21.6. The van der Waals surface area contributed by atoms with Crippen LogP contribution in [0.3, 0.4) is 0 Å². The summed E-state index contributed by atoms with van der Waals surface area (Å²) < 4.78 is 9.26. The number of carbonyl (C=O) groups excluding carboxylic acids is 3. The summed E-state index contributed by atoms with van der Waals surface area (Å²) in [6.07, 6.45) is 1.97. The minimum absolute atomic E-state index is 0.435. The van der Waals surface area contributed by atoms with E-state index in [-0.39, 0.29) is 0 Å². The van der Waals surface area contributed by atoms with Crippen LogP contribution in [0, 0.1) is 0 Å². The first-order chi connectivity index (χ1) is 12.4. The van der Waals surface area contributed by atoms with E-state index < -0.39 is 36.4 Å². The molecule has 0 aromatic rings. The van der Waals surface area contributed by atoms with E-state index in [1.807, 2.05) is 6.92 Å². The van der Waals surface area contributed by atoms with Crippen molar-refractivity contribution >= 4 is 18.2 Å². The maximum atomic E-state index is 11.1. The van der Waals surface area contributed by atoms with E-state index in [4.69, 9.17) is 0 Å². The summed E-state index contributed by atoms with van der Waals surface area (Å²) in [6.45, 7) is 12.5. The first-order valence-electron chi connectivity index (χ1n) is 8.93. The molecular weight excluding hydrogens is 352 g/mol. The summed E-state index contributed by atoms with van der Waals surface area (Å²) in [5, 5.41) is 18.6. The fourth-order valence-electron chi connectivity index (χ4n) is 1.65. The van der Waals surface area contributed by atoms with Crippen molar-refractivity contribution in [2.75, 3.05) is 0 Å². The van der Waals surface area contributed by atoms with Crippen LogP contribution in [0.25, 0.3) is 0 Å². The third kappa shape index (κ3) is 15.9. The Labute approximate surface area is 162 Å². The molecule has 0 saturated heterocycles. The molecule has 0 amide bonds. The minimum atomic E-state index is -1.92. The van der Waals surface area contributed by atoms with Crippen LogP contribution in [0.15, 0.2) is 23.3 Å². The number of hydrogen-bond donors (Lipinski definition) is 2. The second-order valence-electron chi connectivity index (χ2n) is 6.83. The van der Waals surface area contributed by atoms with Crippen molar-refractivity contribution in [3.63, 3.8) is 0 Å². The Morgan fingerprint density at radius 1 is 0.889 bits per heavy atom. The molecule has 0 rings (SSSR count). The Hall–Kier alpha value is -1.99. The normalized spacial score (nSPS) is 13.2. The molecule has 0 saturated carbocycles. The molecule has 0 fully saturated rings. The number of aliphatic hydroxyl groups excluding tert-OH is 2. The highest BCUT2D eigenvalue weighted by atomic mass is 16.6. The highest BCUT2D eigenvalue weighted by Gasteiger charge is 2.33. The van der Waals surface area contributed by atoms with Gasteiger partial charge in [-0.3, -0.25) is 4.79 Å². The molecule has 0 radical (unpaired) electrons. The van der Waals surface area contributed by atoms with Crippen molar-refractivity contribution in [2.45, 2.75) is 85.7 Å². The molecule has 27 heavy (non-hydrogen) atoms. The monoisotopic (exact) mass is 386 g/mol. The van der Waals surface area contributed by atoms with E-state index in [1.54, 1.807) is 33.8 Å². The zero-order valence-corrected chi connectivity index (χ0v) is 17.4. The van der Waals surface area contributed by atoms with Gasteiger partial charge in [0.15, 0.2) is 12.2 Å². The summed E-state index contributed by atoms with van der Waals surface area (Å²) in [7, 11) is 0. The Bertz CT molecular complexity index is 488. The van der Waals surface area contributed by atoms with E-state index in [9.17, 15) is 24.6 Å². The maximum Gasteiger partial charge on any atom is 0.338 e. The van der Waals surface area contributed by atoms with Crippen LogP contribution in [0.5, 0.6) is 0 Å². The molecule has 156 valence electrons. The molecule has 7 nitrogen and oxygen atoms in total. The van der Waals surface area contributed by atoms with Crippen LogP contribution < -0.4 is 0 Å². The maximum absolute atomic E-state index is 11.1. The average Bonchev–Trinajstić information content (AvgIpc) is 2.52. The third-order valence-corrected chi connectivity index (χ3v) is 2.93. The molecule has 0 aromatic heterocycles. The van der Waals surface area contributed by atoms with Gasteiger partial charge in [0.25, 0.3) is 0 Å². The van der Waals surface area contributed by atoms with Gasteiger partial charge < -0.3 is 19.7 Å². The van der Waals surface area contributed by atoms with Crippen molar-refractivity contribution in [2.24, 2.45) is 0 Å². The molecule has 7 heteroatoms. The number of allylic oxidation sites excluding steroid dienone is 4. The van der Waals surface area contributed by atoms with Crippen molar-refractivity contribution in [1.29, 1.82) is 0 Å². The fourth-order valence-corrected chi connectivity index (χ4v) is 1.65. The summed E-state index contributed by atoms with van der Waals surface area (Å²) in [6, 6.07) is 0. The first kappa shape index (κ1) is 27.2. The van der Waals surface area contributed by atoms with Gasteiger partial charge in [-0.05, 0) is 67.4 Å². The smallest absolute Gasteiger partial charge is 0.338 e. The zero-order valence-electron chi connectivity index (χ0n) is 17.4. The average molecular weight is 386 g/mol. The summed E-state index contributed by atoms with van der Waals surface area (Å²) in [5.41, 5.74) is 2.49. The number of ether oxygens (including phenoxy) is 2. The predicted molar refractivity (Wildman–Crippen MR) is 103 cm³/mol. The topological polar surface area (TPSA) is 110 Å². The lowest BCUT2D eigenvalue weighted by atomic mass is 10.1. The third-order valence-electron chi connectivity index (χ3n) is 2.93. The molecule has 0 aromatic carbocycles. The molecule has 0 bridgehead atoms. The molecule has 2 unspecified atom stereocenters. The van der Waals surface area contributed by atoms with Gasteiger partial charge in [-0.25, -0.2) is 9.59 Å². The molecule has 0 heterocycles. The standard InChI is InChI=1S/C10H18O6.C10H16O/c1-5(2)15-9(13)7(11)8(12)10(14)16-6(3)4;1-9(2)5-4-6-10(3)7-8-11/h5-8,11-12H,1-4H3;5,7-8H,4,6H2,1-3H3. The molecule has 0 spiro atoms. The van der Waals surface area contributed by atoms with Gasteiger partial charge >= 0.3 is 11.9 Å². The lowest BCUT2D eigenvalue weighted by molar-refractivity contribution is -0.177. The molecule has 0 aliphatic rings. The summed E-state index contributed by atoms with van der Waals surface area (Å²) >= 11 is 0. The Balaban J connectivity index is 0. The van der Waals surface area contributed by atoms with Crippen LogP contribution in [0.1, 0.15) is 61.3 Å². The Kier molecular flexibility index (Phi) is 15.2.